The van der Waals surface area contributed by atoms with Crippen LogP contribution in [-0.2, 0) is 6.61 Å². The van der Waals surface area contributed by atoms with Gasteiger partial charge in [0.2, 0.25) is 0 Å². The van der Waals surface area contributed by atoms with E-state index in [-0.39, 0.29) is 6.61 Å². The van der Waals surface area contributed by atoms with Crippen LogP contribution in [0.15, 0.2) is 34.9 Å². The summed E-state index contributed by atoms with van der Waals surface area (Å²) in [6.45, 7) is 0.0126. The summed E-state index contributed by atoms with van der Waals surface area (Å²) in [7, 11) is 0. The van der Waals surface area contributed by atoms with Gasteiger partial charge in [-0.2, -0.15) is 0 Å². The number of halogens is 1. The summed E-state index contributed by atoms with van der Waals surface area (Å²) in [5, 5.41) is 9.64. The molecule has 2 nitrogen and oxygen atoms in total. The van der Waals surface area contributed by atoms with E-state index in [2.05, 4.69) is 20.9 Å². The highest BCUT2D eigenvalue weighted by molar-refractivity contribution is 9.10. The molecule has 0 aliphatic heterocycles. The lowest BCUT2D eigenvalue weighted by molar-refractivity contribution is 0.281. The molecule has 0 amide bonds. The zero-order chi connectivity index (χ0) is 9.97. The number of hydrogen-bond donors (Lipinski definition) is 1. The van der Waals surface area contributed by atoms with Gasteiger partial charge in [-0.15, -0.1) is 11.3 Å². The molecule has 4 heteroatoms. The van der Waals surface area contributed by atoms with Gasteiger partial charge >= 0.3 is 0 Å². The molecule has 0 saturated heterocycles. The summed E-state index contributed by atoms with van der Waals surface area (Å²) < 4.78 is 1.05. The molecule has 1 aromatic heterocycles. The Kier molecular flexibility index (Phi) is 2.96. The number of nitrogens with zero attached hydrogens (tertiary/aromatic N) is 1. The van der Waals surface area contributed by atoms with E-state index in [0.29, 0.717) is 0 Å². The van der Waals surface area contributed by atoms with Crippen molar-refractivity contribution in [2.45, 2.75) is 6.61 Å². The molecule has 0 spiro atoms. The summed E-state index contributed by atoms with van der Waals surface area (Å²) in [5.41, 5.74) is 1.12. The van der Waals surface area contributed by atoms with Crippen molar-refractivity contribution in [3.05, 3.63) is 39.9 Å². The van der Waals surface area contributed by atoms with Gasteiger partial charge in [0.05, 0.1) is 11.5 Å². The van der Waals surface area contributed by atoms with E-state index >= 15 is 0 Å². The van der Waals surface area contributed by atoms with E-state index in [0.717, 1.165) is 19.9 Å². The molecule has 0 aliphatic carbocycles. The molecule has 0 radical (unpaired) electrons. The second kappa shape index (κ2) is 4.21. The van der Waals surface area contributed by atoms with Crippen molar-refractivity contribution in [3.63, 3.8) is 0 Å². The van der Waals surface area contributed by atoms with Crippen LogP contribution in [0.2, 0.25) is 0 Å². The van der Waals surface area contributed by atoms with Crippen LogP contribution in [0.4, 0.5) is 0 Å². The number of benzene rings is 1. The van der Waals surface area contributed by atoms with Crippen molar-refractivity contribution >= 4 is 27.3 Å². The molecule has 1 N–H and O–H groups in total. The average Bonchev–Trinajstić information content (AvgIpc) is 2.66. The summed E-state index contributed by atoms with van der Waals surface area (Å²) >= 11 is 4.93. The van der Waals surface area contributed by atoms with Crippen molar-refractivity contribution in [2.24, 2.45) is 0 Å². The second-order valence-corrected chi connectivity index (χ2v) is 4.82. The summed E-state index contributed by atoms with van der Waals surface area (Å²) in [4.78, 5) is 5.17. The number of aromatic nitrogens is 1. The SMILES string of the molecule is OCc1ncc(-c2cccc(Br)c2)s1. The molecule has 0 bridgehead atoms. The van der Waals surface area contributed by atoms with Crippen LogP contribution in [0.25, 0.3) is 10.4 Å². The lowest BCUT2D eigenvalue weighted by Crippen LogP contribution is -1.75. The number of rotatable bonds is 2. The molecule has 2 aromatic rings. The van der Waals surface area contributed by atoms with E-state index < -0.39 is 0 Å². The molecule has 72 valence electrons. The highest BCUT2D eigenvalue weighted by Crippen LogP contribution is 2.27. The number of aliphatic hydroxyl groups is 1. The highest BCUT2D eigenvalue weighted by Gasteiger charge is 2.03. The van der Waals surface area contributed by atoms with Crippen LogP contribution in [0.1, 0.15) is 5.01 Å². The van der Waals surface area contributed by atoms with Gasteiger partial charge in [-0.05, 0) is 17.7 Å². The van der Waals surface area contributed by atoms with Crippen molar-refractivity contribution in [3.8, 4) is 10.4 Å². The largest absolute Gasteiger partial charge is 0.389 e. The Balaban J connectivity index is 2.39. The Morgan fingerprint density at radius 3 is 2.93 bits per heavy atom. The van der Waals surface area contributed by atoms with Gasteiger partial charge in [0.15, 0.2) is 0 Å². The quantitative estimate of drug-likeness (QED) is 0.909. The molecule has 0 atom stereocenters. The first-order valence-corrected chi connectivity index (χ1v) is 5.72. The number of hydrogen-bond acceptors (Lipinski definition) is 3. The van der Waals surface area contributed by atoms with Crippen LogP contribution in [-0.4, -0.2) is 10.1 Å². The van der Waals surface area contributed by atoms with E-state index in [1.165, 1.54) is 11.3 Å². The first kappa shape index (κ1) is 9.83. The molecule has 0 fully saturated rings. The maximum Gasteiger partial charge on any atom is 0.119 e. The van der Waals surface area contributed by atoms with Crippen molar-refractivity contribution in [2.75, 3.05) is 0 Å². The molecule has 1 aromatic carbocycles. The smallest absolute Gasteiger partial charge is 0.119 e. The first-order valence-electron chi connectivity index (χ1n) is 4.11. The fraction of sp³-hybridized carbons (Fsp3) is 0.100. The second-order valence-electron chi connectivity index (χ2n) is 2.79. The van der Waals surface area contributed by atoms with Crippen LogP contribution in [0.5, 0.6) is 0 Å². The standard InChI is InChI=1S/C10H8BrNOS/c11-8-3-1-2-7(4-8)9-5-12-10(6-13)14-9/h1-5,13H,6H2. The third kappa shape index (κ3) is 2.03. The minimum absolute atomic E-state index is 0.0126. The van der Waals surface area contributed by atoms with Gasteiger partial charge < -0.3 is 5.11 Å². The molecular weight excluding hydrogens is 262 g/mol. The third-order valence-corrected chi connectivity index (χ3v) is 3.32. The zero-order valence-electron chi connectivity index (χ0n) is 7.27. The normalized spacial score (nSPS) is 10.4. The van der Waals surface area contributed by atoms with Crippen LogP contribution >= 0.6 is 27.3 Å². The molecule has 2 rings (SSSR count). The van der Waals surface area contributed by atoms with E-state index in [1.54, 1.807) is 6.20 Å². The summed E-state index contributed by atoms with van der Waals surface area (Å²) in [5.74, 6) is 0. The first-order chi connectivity index (χ1) is 6.79. The summed E-state index contributed by atoms with van der Waals surface area (Å²) in [6.07, 6.45) is 1.79. The van der Waals surface area contributed by atoms with Crippen molar-refractivity contribution in [1.82, 2.24) is 4.98 Å². The fourth-order valence-corrected chi connectivity index (χ4v) is 2.33. The fourth-order valence-electron chi connectivity index (χ4n) is 1.16. The van der Waals surface area contributed by atoms with Gasteiger partial charge in [0, 0.05) is 10.7 Å². The predicted molar refractivity (Wildman–Crippen MR) is 61.2 cm³/mol. The third-order valence-electron chi connectivity index (χ3n) is 1.80. The lowest BCUT2D eigenvalue weighted by Gasteiger charge is -1.96. The van der Waals surface area contributed by atoms with Crippen molar-refractivity contribution < 1.29 is 5.11 Å². The molecule has 1 heterocycles. The van der Waals surface area contributed by atoms with Gasteiger partial charge in [-0.1, -0.05) is 28.1 Å². The topological polar surface area (TPSA) is 33.1 Å². The molecule has 0 aliphatic rings. The van der Waals surface area contributed by atoms with Gasteiger partial charge in [0.1, 0.15) is 5.01 Å². The summed E-state index contributed by atoms with van der Waals surface area (Å²) in [6, 6.07) is 8.03. The Hall–Kier alpha value is -0.710. The Morgan fingerprint density at radius 1 is 1.43 bits per heavy atom. The predicted octanol–water partition coefficient (Wildman–Crippen LogP) is 3.06. The van der Waals surface area contributed by atoms with Crippen LogP contribution in [0, 0.1) is 0 Å². The molecule has 0 unspecified atom stereocenters. The average molecular weight is 270 g/mol. The number of thiazole rings is 1. The minimum Gasteiger partial charge on any atom is -0.389 e. The van der Waals surface area contributed by atoms with Gasteiger partial charge in [0.25, 0.3) is 0 Å². The van der Waals surface area contributed by atoms with Gasteiger partial charge in [-0.25, -0.2) is 4.98 Å². The highest BCUT2D eigenvalue weighted by atomic mass is 79.9. The van der Waals surface area contributed by atoms with E-state index in [9.17, 15) is 0 Å². The zero-order valence-corrected chi connectivity index (χ0v) is 9.68. The maximum absolute atomic E-state index is 8.89. The molecular formula is C10H8BrNOS. The monoisotopic (exact) mass is 269 g/mol. The van der Waals surface area contributed by atoms with Crippen LogP contribution < -0.4 is 0 Å². The Morgan fingerprint density at radius 2 is 2.29 bits per heavy atom. The Bertz CT molecular complexity index is 441. The maximum atomic E-state index is 8.89. The minimum atomic E-state index is 0.0126. The lowest BCUT2D eigenvalue weighted by atomic mass is 10.2. The molecule has 14 heavy (non-hydrogen) atoms. The molecule has 0 saturated carbocycles. The van der Waals surface area contributed by atoms with E-state index in [1.807, 2.05) is 24.3 Å². The van der Waals surface area contributed by atoms with Crippen molar-refractivity contribution in [1.29, 1.82) is 0 Å². The van der Waals surface area contributed by atoms with Gasteiger partial charge in [-0.3, -0.25) is 0 Å². The Labute approximate surface area is 94.4 Å². The van der Waals surface area contributed by atoms with E-state index in [4.69, 9.17) is 5.11 Å². The number of aliphatic hydroxyl groups excluding tert-OH is 1. The van der Waals surface area contributed by atoms with Crippen LogP contribution in [0.3, 0.4) is 0 Å².